The van der Waals surface area contributed by atoms with E-state index < -0.39 is 11.7 Å². The van der Waals surface area contributed by atoms with Crippen LogP contribution >= 0.6 is 0 Å². The first-order valence-electron chi connectivity index (χ1n) is 6.30. The van der Waals surface area contributed by atoms with Crippen LogP contribution in [0.2, 0.25) is 0 Å². The summed E-state index contributed by atoms with van der Waals surface area (Å²) in [5, 5.41) is 3.08. The molecule has 0 amide bonds. The summed E-state index contributed by atoms with van der Waals surface area (Å²) in [6, 6.07) is 4.29. The van der Waals surface area contributed by atoms with Crippen molar-refractivity contribution in [1.29, 1.82) is 0 Å². The van der Waals surface area contributed by atoms with Gasteiger partial charge in [0.15, 0.2) is 0 Å². The van der Waals surface area contributed by atoms with Gasteiger partial charge in [-0.25, -0.2) is 0 Å². The number of rotatable bonds is 5. The van der Waals surface area contributed by atoms with E-state index in [0.717, 1.165) is 6.07 Å². The third-order valence-electron chi connectivity index (χ3n) is 2.54. The third kappa shape index (κ3) is 5.14. The van der Waals surface area contributed by atoms with Gasteiger partial charge in [-0.1, -0.05) is 25.8 Å². The lowest BCUT2D eigenvalue weighted by molar-refractivity contribution is -0.138. The molecule has 0 radical (unpaired) electrons. The van der Waals surface area contributed by atoms with Gasteiger partial charge < -0.3 is 10.1 Å². The van der Waals surface area contributed by atoms with Crippen LogP contribution in [0.5, 0.6) is 5.75 Å². The molecule has 1 rings (SSSR count). The number of nitrogens with one attached hydrogen (secondary N) is 1. The normalized spacial score (nSPS) is 11.2. The Balaban J connectivity index is 2.96. The Kier molecular flexibility index (Phi) is 5.90. The maximum atomic E-state index is 13.0. The molecule has 0 bridgehead atoms. The second-order valence-electron chi connectivity index (χ2n) is 4.58. The zero-order valence-corrected chi connectivity index (χ0v) is 11.8. The number of hydrogen-bond acceptors (Lipinski definition) is 2. The number of hydrogen-bond donors (Lipinski definition) is 1. The zero-order valence-electron chi connectivity index (χ0n) is 11.8. The highest BCUT2D eigenvalue weighted by Crippen LogP contribution is 2.36. The Morgan fingerprint density at radius 3 is 2.55 bits per heavy atom. The van der Waals surface area contributed by atoms with Crippen molar-refractivity contribution in [1.82, 2.24) is 5.32 Å². The van der Waals surface area contributed by atoms with E-state index in [9.17, 15) is 13.2 Å². The standard InChI is InChI=1S/C15H18F3NO/c1-4-5-8-20-14-7-6-12(10-19-11(2)3)9-13(14)15(16,17)18/h6-7,9,11,19H,8,10H2,1-3H3. The Labute approximate surface area is 117 Å². The van der Waals surface area contributed by atoms with Gasteiger partial charge in [-0.05, 0) is 24.6 Å². The second-order valence-corrected chi connectivity index (χ2v) is 4.58. The molecule has 0 saturated heterocycles. The minimum absolute atomic E-state index is 0.0524. The van der Waals surface area contributed by atoms with Crippen molar-refractivity contribution in [3.8, 4) is 17.6 Å². The smallest absolute Gasteiger partial charge is 0.419 e. The number of ether oxygens (including phenoxy) is 1. The Morgan fingerprint density at radius 1 is 1.30 bits per heavy atom. The number of benzene rings is 1. The third-order valence-corrected chi connectivity index (χ3v) is 2.54. The van der Waals surface area contributed by atoms with Crippen molar-refractivity contribution >= 4 is 0 Å². The van der Waals surface area contributed by atoms with Crippen LogP contribution in [0.1, 0.15) is 31.9 Å². The lowest BCUT2D eigenvalue weighted by Crippen LogP contribution is -2.22. The molecule has 0 aromatic heterocycles. The fraction of sp³-hybridized carbons (Fsp3) is 0.467. The predicted molar refractivity (Wildman–Crippen MR) is 72.4 cm³/mol. The van der Waals surface area contributed by atoms with E-state index in [1.807, 2.05) is 13.8 Å². The molecule has 1 aromatic rings. The van der Waals surface area contributed by atoms with Crippen molar-refractivity contribution in [3.63, 3.8) is 0 Å². The van der Waals surface area contributed by atoms with E-state index in [0.29, 0.717) is 12.1 Å². The van der Waals surface area contributed by atoms with Crippen LogP contribution in [0.3, 0.4) is 0 Å². The fourth-order valence-corrected chi connectivity index (χ4v) is 1.54. The SMILES string of the molecule is CC#CCOc1ccc(CNC(C)C)cc1C(F)(F)F. The molecule has 1 aromatic carbocycles. The van der Waals surface area contributed by atoms with Gasteiger partial charge >= 0.3 is 6.18 Å². The van der Waals surface area contributed by atoms with E-state index in [4.69, 9.17) is 4.74 Å². The molecule has 0 heterocycles. The predicted octanol–water partition coefficient (Wildman–Crippen LogP) is 3.61. The van der Waals surface area contributed by atoms with Crippen LogP contribution in [0, 0.1) is 11.8 Å². The highest BCUT2D eigenvalue weighted by molar-refractivity contribution is 5.39. The zero-order chi connectivity index (χ0) is 15.2. The number of halogens is 3. The Morgan fingerprint density at radius 2 is 2.00 bits per heavy atom. The summed E-state index contributed by atoms with van der Waals surface area (Å²) in [5.74, 6) is 4.97. The summed E-state index contributed by atoms with van der Waals surface area (Å²) in [5.41, 5.74) is -0.196. The molecule has 20 heavy (non-hydrogen) atoms. The average molecular weight is 285 g/mol. The summed E-state index contributed by atoms with van der Waals surface area (Å²) >= 11 is 0. The summed E-state index contributed by atoms with van der Waals surface area (Å²) in [7, 11) is 0. The molecule has 5 heteroatoms. The maximum absolute atomic E-state index is 13.0. The van der Waals surface area contributed by atoms with Gasteiger partial charge in [0, 0.05) is 12.6 Å². The molecular formula is C15H18F3NO. The topological polar surface area (TPSA) is 21.3 Å². The summed E-state index contributed by atoms with van der Waals surface area (Å²) in [6.07, 6.45) is -4.44. The van der Waals surface area contributed by atoms with Gasteiger partial charge in [0.05, 0.1) is 5.56 Å². The van der Waals surface area contributed by atoms with Gasteiger partial charge in [0.25, 0.3) is 0 Å². The van der Waals surface area contributed by atoms with Gasteiger partial charge in [-0.15, -0.1) is 5.92 Å². The monoisotopic (exact) mass is 285 g/mol. The van der Waals surface area contributed by atoms with Crippen LogP contribution < -0.4 is 10.1 Å². The van der Waals surface area contributed by atoms with E-state index in [1.165, 1.54) is 6.07 Å². The molecule has 0 aliphatic rings. The molecule has 0 fully saturated rings. The molecular weight excluding hydrogens is 267 g/mol. The van der Waals surface area contributed by atoms with E-state index in [1.54, 1.807) is 13.0 Å². The van der Waals surface area contributed by atoms with Gasteiger partial charge in [-0.3, -0.25) is 0 Å². The van der Waals surface area contributed by atoms with Crippen molar-refractivity contribution in [2.45, 2.75) is 39.5 Å². The molecule has 2 nitrogen and oxygen atoms in total. The second kappa shape index (κ2) is 7.20. The minimum atomic E-state index is -4.44. The van der Waals surface area contributed by atoms with Crippen molar-refractivity contribution in [2.24, 2.45) is 0 Å². The van der Waals surface area contributed by atoms with Crippen LogP contribution in [-0.2, 0) is 12.7 Å². The first-order valence-corrected chi connectivity index (χ1v) is 6.30. The van der Waals surface area contributed by atoms with Gasteiger partial charge in [0.1, 0.15) is 12.4 Å². The summed E-state index contributed by atoms with van der Waals surface area (Å²) in [4.78, 5) is 0. The van der Waals surface area contributed by atoms with Gasteiger partial charge in [0.2, 0.25) is 0 Å². The molecule has 0 spiro atoms. The molecule has 0 saturated carbocycles. The lowest BCUT2D eigenvalue weighted by Gasteiger charge is -2.15. The van der Waals surface area contributed by atoms with Crippen molar-refractivity contribution in [2.75, 3.05) is 6.61 Å². The quantitative estimate of drug-likeness (QED) is 0.835. The average Bonchev–Trinajstić information content (AvgIpc) is 2.36. The highest BCUT2D eigenvalue weighted by Gasteiger charge is 2.34. The van der Waals surface area contributed by atoms with Crippen molar-refractivity contribution in [3.05, 3.63) is 29.3 Å². The maximum Gasteiger partial charge on any atom is 0.419 e. The van der Waals surface area contributed by atoms with E-state index >= 15 is 0 Å². The van der Waals surface area contributed by atoms with E-state index in [2.05, 4.69) is 17.2 Å². The summed E-state index contributed by atoms with van der Waals surface area (Å²) < 4.78 is 44.1. The molecule has 0 aliphatic heterocycles. The molecule has 0 atom stereocenters. The lowest BCUT2D eigenvalue weighted by atomic mass is 10.1. The molecule has 0 unspecified atom stereocenters. The van der Waals surface area contributed by atoms with Gasteiger partial charge in [-0.2, -0.15) is 13.2 Å². The van der Waals surface area contributed by atoms with Crippen molar-refractivity contribution < 1.29 is 17.9 Å². The minimum Gasteiger partial charge on any atom is -0.480 e. The first kappa shape index (κ1) is 16.4. The fourth-order valence-electron chi connectivity index (χ4n) is 1.54. The number of alkyl halides is 3. The molecule has 1 N–H and O–H groups in total. The van der Waals surface area contributed by atoms with Crippen LogP contribution in [-0.4, -0.2) is 12.6 Å². The highest BCUT2D eigenvalue weighted by atomic mass is 19.4. The molecule has 0 aliphatic carbocycles. The Hall–Kier alpha value is -1.67. The van der Waals surface area contributed by atoms with E-state index in [-0.39, 0.29) is 18.4 Å². The van der Waals surface area contributed by atoms with Crippen LogP contribution in [0.15, 0.2) is 18.2 Å². The largest absolute Gasteiger partial charge is 0.480 e. The summed E-state index contributed by atoms with van der Waals surface area (Å²) in [6.45, 7) is 5.81. The van der Waals surface area contributed by atoms with Crippen LogP contribution in [0.4, 0.5) is 13.2 Å². The Bertz CT molecular complexity index is 498. The van der Waals surface area contributed by atoms with Crippen LogP contribution in [0.25, 0.3) is 0 Å². The molecule has 110 valence electrons. The first-order chi connectivity index (χ1) is 9.34.